The summed E-state index contributed by atoms with van der Waals surface area (Å²) in [5.41, 5.74) is 3.59. The van der Waals surface area contributed by atoms with Gasteiger partial charge in [0.15, 0.2) is 0 Å². The fourth-order valence-electron chi connectivity index (χ4n) is 5.32. The molecule has 1 aromatic heterocycles. The number of nitrogens with zero attached hydrogens (tertiary/aromatic N) is 2. The van der Waals surface area contributed by atoms with E-state index in [0.29, 0.717) is 35.0 Å². The van der Waals surface area contributed by atoms with Crippen molar-refractivity contribution in [2.24, 2.45) is 0 Å². The number of H-pyrrole nitrogens is 1. The highest BCUT2D eigenvalue weighted by atomic mass is 35.5. The fourth-order valence-corrected chi connectivity index (χ4v) is 5.63. The number of halogens is 2. The minimum atomic E-state index is -0.843. The maximum absolute atomic E-state index is 11.7. The molecule has 2 heterocycles. The van der Waals surface area contributed by atoms with Crippen LogP contribution in [0.2, 0.25) is 10.0 Å². The third-order valence-electron chi connectivity index (χ3n) is 7.54. The number of hydrogen-bond acceptors (Lipinski definition) is 4. The molecule has 7 heteroatoms. The lowest BCUT2D eigenvalue weighted by Gasteiger charge is -2.39. The Kier molecular flexibility index (Phi) is 7.98. The molecule has 0 aliphatic carbocycles. The van der Waals surface area contributed by atoms with Crippen molar-refractivity contribution in [2.45, 2.75) is 36.9 Å². The molecule has 5 nitrogen and oxygen atoms in total. The first-order valence-corrected chi connectivity index (χ1v) is 13.4. The monoisotopic (exact) mass is 535 g/mol. The molecule has 1 aliphatic rings. The Balaban J connectivity index is 1.34. The van der Waals surface area contributed by atoms with E-state index in [1.807, 2.05) is 79.0 Å². The first-order valence-electron chi connectivity index (χ1n) is 12.7. The first kappa shape index (κ1) is 26.0. The standard InChI is InChI=1S/C30H31Cl2N3O2/c31-26-12-11-22(19-27(26)32)24(29(36)28-25(20-33-34-28)21-7-3-1-4-8-21)13-16-35-17-14-30(37,15-18-35)23-9-5-2-6-10-23/h1-12,19-20,24,29,36-37H,13-18H2,(H,33,34). The predicted molar refractivity (Wildman–Crippen MR) is 149 cm³/mol. The average molecular weight is 537 g/mol. The Labute approximate surface area is 227 Å². The van der Waals surface area contributed by atoms with Gasteiger partial charge >= 0.3 is 0 Å². The van der Waals surface area contributed by atoms with E-state index in [1.165, 1.54) is 0 Å². The van der Waals surface area contributed by atoms with E-state index >= 15 is 0 Å². The number of hydrogen-bond donors (Lipinski definition) is 3. The second-order valence-electron chi connectivity index (χ2n) is 9.80. The maximum Gasteiger partial charge on any atom is 0.105 e. The summed E-state index contributed by atoms with van der Waals surface area (Å²) >= 11 is 12.6. The summed E-state index contributed by atoms with van der Waals surface area (Å²) in [6.45, 7) is 2.35. The van der Waals surface area contributed by atoms with Crippen molar-refractivity contribution in [3.63, 3.8) is 0 Å². The SMILES string of the molecule is OC(c1n[nH]cc1-c1ccccc1)C(CCN1CCC(O)(c2ccccc2)CC1)c1ccc(Cl)c(Cl)c1. The second-order valence-corrected chi connectivity index (χ2v) is 10.6. The number of likely N-dealkylation sites (tertiary alicyclic amines) is 1. The zero-order chi connectivity index (χ0) is 25.8. The van der Waals surface area contributed by atoms with Crippen LogP contribution in [0.1, 0.15) is 48.1 Å². The Morgan fingerprint density at radius 1 is 0.919 bits per heavy atom. The molecule has 2 unspecified atom stereocenters. The minimum Gasteiger partial charge on any atom is -0.386 e. The molecule has 3 aromatic carbocycles. The van der Waals surface area contributed by atoms with Gasteiger partial charge in [-0.25, -0.2) is 0 Å². The number of aliphatic hydroxyl groups excluding tert-OH is 1. The molecule has 1 saturated heterocycles. The van der Waals surface area contributed by atoms with Crippen LogP contribution in [0.25, 0.3) is 11.1 Å². The van der Waals surface area contributed by atoms with E-state index in [4.69, 9.17) is 23.2 Å². The molecule has 192 valence electrons. The molecule has 3 N–H and O–H groups in total. The van der Waals surface area contributed by atoms with Gasteiger partial charge in [-0.1, -0.05) is 89.9 Å². The summed E-state index contributed by atoms with van der Waals surface area (Å²) in [5, 5.41) is 31.2. The smallest absolute Gasteiger partial charge is 0.105 e. The summed E-state index contributed by atoms with van der Waals surface area (Å²) in [7, 11) is 0. The first-order chi connectivity index (χ1) is 17.9. The molecule has 0 saturated carbocycles. The quantitative estimate of drug-likeness (QED) is 0.238. The predicted octanol–water partition coefficient (Wildman–Crippen LogP) is 6.57. The van der Waals surface area contributed by atoms with E-state index in [0.717, 1.165) is 41.9 Å². The molecule has 0 radical (unpaired) electrons. The zero-order valence-corrected chi connectivity index (χ0v) is 22.0. The van der Waals surface area contributed by atoms with E-state index in [9.17, 15) is 10.2 Å². The molecule has 1 aliphatic heterocycles. The van der Waals surface area contributed by atoms with Crippen LogP contribution in [0.4, 0.5) is 0 Å². The number of nitrogens with one attached hydrogen (secondary N) is 1. The molecular formula is C30H31Cl2N3O2. The third kappa shape index (κ3) is 5.77. The van der Waals surface area contributed by atoms with Crippen molar-refractivity contribution in [1.29, 1.82) is 0 Å². The Morgan fingerprint density at radius 2 is 1.59 bits per heavy atom. The maximum atomic E-state index is 11.7. The van der Waals surface area contributed by atoms with Crippen LogP contribution < -0.4 is 0 Å². The van der Waals surface area contributed by atoms with Crippen molar-refractivity contribution in [3.8, 4) is 11.1 Å². The van der Waals surface area contributed by atoms with Gasteiger partial charge in [0, 0.05) is 30.8 Å². The van der Waals surface area contributed by atoms with Crippen molar-refractivity contribution >= 4 is 23.2 Å². The van der Waals surface area contributed by atoms with Gasteiger partial charge in [-0.05, 0) is 54.6 Å². The van der Waals surface area contributed by atoms with Crippen LogP contribution in [0.5, 0.6) is 0 Å². The molecule has 2 atom stereocenters. The lowest BCUT2D eigenvalue weighted by Crippen LogP contribution is -2.43. The summed E-state index contributed by atoms with van der Waals surface area (Å²) in [6.07, 6.45) is 3.03. The van der Waals surface area contributed by atoms with Crippen LogP contribution in [-0.4, -0.2) is 44.9 Å². The van der Waals surface area contributed by atoms with E-state index in [-0.39, 0.29) is 5.92 Å². The average Bonchev–Trinajstić information content (AvgIpc) is 3.43. The van der Waals surface area contributed by atoms with Gasteiger partial charge in [0.2, 0.25) is 0 Å². The Bertz CT molecular complexity index is 1300. The number of benzene rings is 3. The van der Waals surface area contributed by atoms with Gasteiger partial charge in [-0.3, -0.25) is 5.10 Å². The zero-order valence-electron chi connectivity index (χ0n) is 20.5. The largest absolute Gasteiger partial charge is 0.386 e. The number of aliphatic hydroxyl groups is 2. The van der Waals surface area contributed by atoms with Crippen LogP contribution in [-0.2, 0) is 5.60 Å². The summed E-state index contributed by atoms with van der Waals surface area (Å²) in [4.78, 5) is 2.36. The number of aromatic nitrogens is 2. The normalized spacial score (nSPS) is 17.4. The van der Waals surface area contributed by atoms with E-state index in [2.05, 4.69) is 15.1 Å². The van der Waals surface area contributed by atoms with Gasteiger partial charge in [0.1, 0.15) is 6.10 Å². The van der Waals surface area contributed by atoms with Crippen LogP contribution >= 0.6 is 23.2 Å². The van der Waals surface area contributed by atoms with Crippen LogP contribution in [0.3, 0.4) is 0 Å². The van der Waals surface area contributed by atoms with Gasteiger partial charge in [0.05, 0.1) is 21.3 Å². The van der Waals surface area contributed by atoms with Gasteiger partial charge < -0.3 is 15.1 Å². The van der Waals surface area contributed by atoms with E-state index in [1.54, 1.807) is 6.07 Å². The molecule has 37 heavy (non-hydrogen) atoms. The highest BCUT2D eigenvalue weighted by molar-refractivity contribution is 6.42. The van der Waals surface area contributed by atoms with Crippen molar-refractivity contribution in [3.05, 3.63) is 112 Å². The summed E-state index contributed by atoms with van der Waals surface area (Å²) < 4.78 is 0. The Hall–Kier alpha value is -2.67. The van der Waals surface area contributed by atoms with E-state index < -0.39 is 11.7 Å². The lowest BCUT2D eigenvalue weighted by molar-refractivity contribution is -0.0271. The summed E-state index contributed by atoms with van der Waals surface area (Å²) in [6, 6.07) is 25.4. The molecule has 0 spiro atoms. The highest BCUT2D eigenvalue weighted by Crippen LogP contribution is 2.40. The van der Waals surface area contributed by atoms with Crippen molar-refractivity contribution < 1.29 is 10.2 Å². The Morgan fingerprint density at radius 3 is 2.27 bits per heavy atom. The van der Waals surface area contributed by atoms with Crippen LogP contribution in [0.15, 0.2) is 85.1 Å². The van der Waals surface area contributed by atoms with Crippen LogP contribution in [0, 0.1) is 0 Å². The molecule has 1 fully saturated rings. The fraction of sp³-hybridized carbons (Fsp3) is 0.300. The molecule has 4 aromatic rings. The van der Waals surface area contributed by atoms with Gasteiger partial charge in [-0.15, -0.1) is 0 Å². The van der Waals surface area contributed by atoms with Crippen molar-refractivity contribution in [1.82, 2.24) is 15.1 Å². The molecule has 5 rings (SSSR count). The van der Waals surface area contributed by atoms with Crippen molar-refractivity contribution in [2.75, 3.05) is 19.6 Å². The minimum absolute atomic E-state index is 0.240. The highest BCUT2D eigenvalue weighted by Gasteiger charge is 2.35. The number of aromatic amines is 1. The number of piperidine rings is 1. The second kappa shape index (κ2) is 11.4. The molecule has 0 bridgehead atoms. The van der Waals surface area contributed by atoms with Gasteiger partial charge in [0.25, 0.3) is 0 Å². The lowest BCUT2D eigenvalue weighted by atomic mass is 9.83. The molecular weight excluding hydrogens is 505 g/mol. The summed E-state index contributed by atoms with van der Waals surface area (Å²) in [5.74, 6) is -0.240. The third-order valence-corrected chi connectivity index (χ3v) is 8.28. The topological polar surface area (TPSA) is 72.4 Å². The number of rotatable bonds is 8. The van der Waals surface area contributed by atoms with Gasteiger partial charge in [-0.2, -0.15) is 5.10 Å². The molecule has 0 amide bonds.